The number of allylic oxidation sites excluding steroid dienone is 3. The average molecular weight is 190 g/mol. The monoisotopic (exact) mass is 190 g/mol. The molecule has 3 aliphatic rings. The predicted octanol–water partition coefficient (Wildman–Crippen LogP) is 3.08. The summed E-state index contributed by atoms with van der Waals surface area (Å²) in [5, 5.41) is 0. The van der Waals surface area contributed by atoms with Crippen molar-refractivity contribution in [2.75, 3.05) is 0 Å². The molecule has 4 atom stereocenters. The molecule has 2 fully saturated rings. The standard InChI is InChI=1S/C13H18O/c1-6-7(2)9(4)12-10(8(6)3)5-11-13(12)14-11/h10-13H,5H2,1-4H3. The van der Waals surface area contributed by atoms with Crippen LogP contribution in [0.15, 0.2) is 22.3 Å². The molecule has 14 heavy (non-hydrogen) atoms. The van der Waals surface area contributed by atoms with Crippen LogP contribution >= 0.6 is 0 Å². The highest BCUT2D eigenvalue weighted by atomic mass is 16.6. The van der Waals surface area contributed by atoms with E-state index in [-0.39, 0.29) is 0 Å². The topological polar surface area (TPSA) is 12.5 Å². The van der Waals surface area contributed by atoms with Crippen LogP contribution in [-0.4, -0.2) is 12.2 Å². The van der Waals surface area contributed by atoms with E-state index in [1.54, 1.807) is 11.1 Å². The lowest BCUT2D eigenvalue weighted by atomic mass is 9.74. The summed E-state index contributed by atoms with van der Waals surface area (Å²) in [6.45, 7) is 9.15. The maximum Gasteiger partial charge on any atom is 0.0913 e. The number of epoxide rings is 1. The fourth-order valence-corrected chi connectivity index (χ4v) is 3.40. The van der Waals surface area contributed by atoms with Crippen LogP contribution in [-0.2, 0) is 4.74 Å². The summed E-state index contributed by atoms with van der Waals surface area (Å²) in [6, 6.07) is 0. The van der Waals surface area contributed by atoms with Crippen molar-refractivity contribution in [3.8, 4) is 0 Å². The van der Waals surface area contributed by atoms with E-state index >= 15 is 0 Å². The van der Waals surface area contributed by atoms with E-state index in [2.05, 4.69) is 27.7 Å². The van der Waals surface area contributed by atoms with Gasteiger partial charge in [-0.3, -0.25) is 0 Å². The summed E-state index contributed by atoms with van der Waals surface area (Å²) in [6.07, 6.45) is 2.43. The first kappa shape index (κ1) is 8.72. The molecule has 0 bridgehead atoms. The molecule has 76 valence electrons. The summed E-state index contributed by atoms with van der Waals surface area (Å²) < 4.78 is 5.67. The lowest BCUT2D eigenvalue weighted by molar-refractivity contribution is 0.240. The molecule has 0 radical (unpaired) electrons. The van der Waals surface area contributed by atoms with Crippen molar-refractivity contribution >= 4 is 0 Å². The van der Waals surface area contributed by atoms with Crippen LogP contribution in [0.3, 0.4) is 0 Å². The quantitative estimate of drug-likeness (QED) is 0.535. The van der Waals surface area contributed by atoms with E-state index in [1.807, 2.05) is 0 Å². The molecule has 0 spiro atoms. The lowest BCUT2D eigenvalue weighted by Gasteiger charge is -2.32. The molecule has 1 aliphatic heterocycles. The van der Waals surface area contributed by atoms with Crippen molar-refractivity contribution in [1.29, 1.82) is 0 Å². The minimum Gasteiger partial charge on any atom is -0.369 e. The molecular weight excluding hydrogens is 172 g/mol. The van der Waals surface area contributed by atoms with E-state index in [1.165, 1.54) is 17.6 Å². The maximum atomic E-state index is 5.67. The van der Waals surface area contributed by atoms with Gasteiger partial charge in [0.25, 0.3) is 0 Å². The highest BCUT2D eigenvalue weighted by Crippen LogP contribution is 2.55. The highest BCUT2D eigenvalue weighted by molar-refractivity contribution is 5.44. The summed E-state index contributed by atoms with van der Waals surface area (Å²) in [5.74, 6) is 1.51. The van der Waals surface area contributed by atoms with Crippen molar-refractivity contribution in [3.05, 3.63) is 22.3 Å². The molecule has 1 saturated heterocycles. The number of rotatable bonds is 0. The van der Waals surface area contributed by atoms with Crippen molar-refractivity contribution in [3.63, 3.8) is 0 Å². The molecule has 1 heterocycles. The van der Waals surface area contributed by atoms with Gasteiger partial charge in [0.15, 0.2) is 0 Å². The normalized spacial score (nSPS) is 45.4. The van der Waals surface area contributed by atoms with Crippen molar-refractivity contribution < 1.29 is 4.74 Å². The summed E-state index contributed by atoms with van der Waals surface area (Å²) in [4.78, 5) is 0. The van der Waals surface area contributed by atoms with Gasteiger partial charge in [-0.1, -0.05) is 11.1 Å². The van der Waals surface area contributed by atoms with Crippen LogP contribution in [0.1, 0.15) is 34.1 Å². The van der Waals surface area contributed by atoms with E-state index < -0.39 is 0 Å². The molecule has 4 unspecified atom stereocenters. The van der Waals surface area contributed by atoms with Crippen LogP contribution in [0.5, 0.6) is 0 Å². The van der Waals surface area contributed by atoms with E-state index in [0.29, 0.717) is 18.1 Å². The van der Waals surface area contributed by atoms with Crippen LogP contribution < -0.4 is 0 Å². The van der Waals surface area contributed by atoms with Gasteiger partial charge in [-0.25, -0.2) is 0 Å². The molecule has 0 aromatic rings. The Morgan fingerprint density at radius 3 is 2.36 bits per heavy atom. The Bertz CT molecular complexity index is 361. The largest absolute Gasteiger partial charge is 0.369 e. The van der Waals surface area contributed by atoms with Gasteiger partial charge >= 0.3 is 0 Å². The van der Waals surface area contributed by atoms with Crippen molar-refractivity contribution in [1.82, 2.24) is 0 Å². The van der Waals surface area contributed by atoms with E-state index in [9.17, 15) is 0 Å². The zero-order chi connectivity index (χ0) is 10.0. The van der Waals surface area contributed by atoms with Gasteiger partial charge in [0.1, 0.15) is 0 Å². The maximum absolute atomic E-state index is 5.67. The molecule has 1 nitrogen and oxygen atoms in total. The zero-order valence-electron chi connectivity index (χ0n) is 9.42. The van der Waals surface area contributed by atoms with Gasteiger partial charge in [-0.05, 0) is 51.2 Å². The smallest absolute Gasteiger partial charge is 0.0913 e. The minimum absolute atomic E-state index is 0.568. The minimum atomic E-state index is 0.568. The summed E-state index contributed by atoms with van der Waals surface area (Å²) in [7, 11) is 0. The Morgan fingerprint density at radius 1 is 1.00 bits per heavy atom. The number of hydrogen-bond acceptors (Lipinski definition) is 1. The number of fused-ring (bicyclic) bond motifs is 3. The average Bonchev–Trinajstić information content (AvgIpc) is 2.84. The van der Waals surface area contributed by atoms with Crippen LogP contribution in [0.25, 0.3) is 0 Å². The first-order chi connectivity index (χ1) is 6.61. The third-order valence-electron chi connectivity index (χ3n) is 4.70. The fraction of sp³-hybridized carbons (Fsp3) is 0.692. The second-order valence-electron chi connectivity index (χ2n) is 5.12. The van der Waals surface area contributed by atoms with Gasteiger partial charge in [0, 0.05) is 5.92 Å². The van der Waals surface area contributed by atoms with Gasteiger partial charge in [0.2, 0.25) is 0 Å². The van der Waals surface area contributed by atoms with Crippen molar-refractivity contribution in [2.24, 2.45) is 11.8 Å². The predicted molar refractivity (Wildman–Crippen MR) is 57.0 cm³/mol. The third kappa shape index (κ3) is 0.890. The van der Waals surface area contributed by atoms with E-state index in [0.717, 1.165) is 5.92 Å². The number of hydrogen-bond donors (Lipinski definition) is 0. The SMILES string of the molecule is CC1=C(C)C2CC3OC3C2C(C)=C1C. The Morgan fingerprint density at radius 2 is 1.64 bits per heavy atom. The molecule has 1 heteroatoms. The molecule has 0 amide bonds. The third-order valence-corrected chi connectivity index (χ3v) is 4.70. The van der Waals surface area contributed by atoms with Crippen molar-refractivity contribution in [2.45, 2.75) is 46.3 Å². The van der Waals surface area contributed by atoms with Gasteiger partial charge < -0.3 is 4.74 Å². The zero-order valence-corrected chi connectivity index (χ0v) is 9.42. The van der Waals surface area contributed by atoms with Gasteiger partial charge in [-0.15, -0.1) is 0 Å². The van der Waals surface area contributed by atoms with Gasteiger partial charge in [0.05, 0.1) is 12.2 Å². The number of ether oxygens (including phenoxy) is 1. The summed E-state index contributed by atoms with van der Waals surface area (Å²) >= 11 is 0. The lowest BCUT2D eigenvalue weighted by Crippen LogP contribution is -2.23. The Balaban J connectivity index is 2.09. The second kappa shape index (κ2) is 2.52. The van der Waals surface area contributed by atoms with Gasteiger partial charge in [-0.2, -0.15) is 0 Å². The second-order valence-corrected chi connectivity index (χ2v) is 5.12. The Hall–Kier alpha value is -0.560. The fourth-order valence-electron chi connectivity index (χ4n) is 3.40. The highest BCUT2D eigenvalue weighted by Gasteiger charge is 2.57. The van der Waals surface area contributed by atoms with Crippen LogP contribution in [0, 0.1) is 11.8 Å². The Labute approximate surface area is 85.8 Å². The van der Waals surface area contributed by atoms with E-state index in [4.69, 9.17) is 4.74 Å². The molecule has 0 aromatic heterocycles. The molecule has 2 aliphatic carbocycles. The first-order valence-electron chi connectivity index (χ1n) is 5.62. The molecule has 0 N–H and O–H groups in total. The van der Waals surface area contributed by atoms with Crippen LogP contribution in [0.4, 0.5) is 0 Å². The van der Waals surface area contributed by atoms with Crippen LogP contribution in [0.2, 0.25) is 0 Å². The summed E-state index contributed by atoms with van der Waals surface area (Å²) in [5.41, 5.74) is 6.25. The Kier molecular flexibility index (Phi) is 1.57. The molecule has 1 saturated carbocycles. The molecule has 0 aromatic carbocycles. The molecular formula is C13H18O. The first-order valence-corrected chi connectivity index (χ1v) is 5.62. The molecule has 3 rings (SSSR count).